The predicted octanol–water partition coefficient (Wildman–Crippen LogP) is 3.83. The van der Waals surface area contributed by atoms with Gasteiger partial charge >= 0.3 is 5.97 Å². The maximum Gasteiger partial charge on any atom is 0.352 e. The van der Waals surface area contributed by atoms with Crippen molar-refractivity contribution in [2.24, 2.45) is 5.92 Å². The van der Waals surface area contributed by atoms with Crippen molar-refractivity contribution in [3.63, 3.8) is 0 Å². The number of carboxylic acids is 1. The Morgan fingerprint density at radius 1 is 1.20 bits per heavy atom. The second kappa shape index (κ2) is 8.33. The largest absolute Gasteiger partial charge is 0.493 e. The van der Waals surface area contributed by atoms with E-state index in [1.54, 1.807) is 0 Å². The number of benzene rings is 2. The van der Waals surface area contributed by atoms with Crippen LogP contribution in [0.25, 0.3) is 16.8 Å². The third-order valence-corrected chi connectivity index (χ3v) is 3.71. The van der Waals surface area contributed by atoms with Crippen molar-refractivity contribution in [3.05, 3.63) is 47.7 Å². The van der Waals surface area contributed by atoms with E-state index in [2.05, 4.69) is 19.2 Å². The van der Waals surface area contributed by atoms with Gasteiger partial charge in [-0.2, -0.15) is 0 Å². The van der Waals surface area contributed by atoms with Gasteiger partial charge in [0.25, 0.3) is 0 Å². The highest BCUT2D eigenvalue weighted by molar-refractivity contribution is 6.01. The lowest BCUT2D eigenvalue weighted by molar-refractivity contribution is -0.134. The summed E-state index contributed by atoms with van der Waals surface area (Å²) in [7, 11) is 0. The third-order valence-electron chi connectivity index (χ3n) is 3.71. The van der Waals surface area contributed by atoms with Gasteiger partial charge in [-0.3, -0.25) is 4.79 Å². The normalized spacial score (nSPS) is 11.6. The summed E-state index contributed by atoms with van der Waals surface area (Å²) in [6, 6.07) is 11.4. The number of aliphatic carboxylic acids is 1. The van der Waals surface area contributed by atoms with Crippen LogP contribution in [-0.4, -0.2) is 23.6 Å². The molecule has 25 heavy (non-hydrogen) atoms. The highest BCUT2D eigenvalue weighted by atomic mass is 16.5. The first-order valence-corrected chi connectivity index (χ1v) is 8.25. The predicted molar refractivity (Wildman–Crippen MR) is 98.3 cm³/mol. The van der Waals surface area contributed by atoms with Gasteiger partial charge < -0.3 is 15.2 Å². The fourth-order valence-corrected chi connectivity index (χ4v) is 2.44. The molecule has 5 nitrogen and oxygen atoms in total. The number of carboxylic acid groups (broad SMARTS) is 1. The highest BCUT2D eigenvalue weighted by Gasteiger charge is 2.13. The van der Waals surface area contributed by atoms with E-state index in [0.717, 1.165) is 17.2 Å². The van der Waals surface area contributed by atoms with E-state index in [1.807, 2.05) is 36.4 Å². The summed E-state index contributed by atoms with van der Waals surface area (Å²) in [5.74, 6) is -0.524. The molecule has 5 heteroatoms. The van der Waals surface area contributed by atoms with Gasteiger partial charge in [-0.15, -0.1) is 0 Å². The highest BCUT2D eigenvalue weighted by Crippen LogP contribution is 2.30. The Bertz CT molecular complexity index is 808. The number of ether oxygens (including phenoxy) is 1. The standard InChI is InChI=1S/C20H23NO4/c1-13(2)10-11-25-19-9-8-15-6-4-5-7-16(15)17(19)12-18(20(23)24)21-14(3)22/h4-9,12-13H,10-11H2,1-3H3,(H,21,22)(H,23,24)/b18-12-. The molecule has 0 fully saturated rings. The first kappa shape index (κ1) is 18.5. The lowest BCUT2D eigenvalue weighted by Gasteiger charge is -2.14. The van der Waals surface area contributed by atoms with Crippen molar-refractivity contribution in [2.75, 3.05) is 6.61 Å². The summed E-state index contributed by atoms with van der Waals surface area (Å²) in [6.45, 7) is 6.05. The fourth-order valence-electron chi connectivity index (χ4n) is 2.44. The van der Waals surface area contributed by atoms with Gasteiger partial charge in [0, 0.05) is 12.5 Å². The molecule has 0 atom stereocenters. The van der Waals surface area contributed by atoms with E-state index in [0.29, 0.717) is 23.8 Å². The fraction of sp³-hybridized carbons (Fsp3) is 0.300. The first-order chi connectivity index (χ1) is 11.9. The molecule has 0 aliphatic rings. The lowest BCUT2D eigenvalue weighted by atomic mass is 10.0. The number of nitrogens with one attached hydrogen (secondary N) is 1. The minimum Gasteiger partial charge on any atom is -0.493 e. The Hall–Kier alpha value is -2.82. The van der Waals surface area contributed by atoms with E-state index >= 15 is 0 Å². The number of hydrogen-bond donors (Lipinski definition) is 2. The quantitative estimate of drug-likeness (QED) is 0.751. The number of carbonyl (C=O) groups excluding carboxylic acids is 1. The van der Waals surface area contributed by atoms with Crippen molar-refractivity contribution in [3.8, 4) is 5.75 Å². The van der Waals surface area contributed by atoms with Gasteiger partial charge in [-0.05, 0) is 35.3 Å². The minimum absolute atomic E-state index is 0.183. The van der Waals surface area contributed by atoms with Crippen LogP contribution in [0, 0.1) is 5.92 Å². The minimum atomic E-state index is -1.20. The van der Waals surface area contributed by atoms with Crippen LogP contribution >= 0.6 is 0 Å². The SMILES string of the molecule is CC(=O)N/C(=C\c1c(OCCC(C)C)ccc2ccccc12)C(=O)O. The number of rotatable bonds is 7. The average molecular weight is 341 g/mol. The van der Waals surface area contributed by atoms with Crippen LogP contribution in [0.1, 0.15) is 32.8 Å². The molecule has 0 unspecified atom stereocenters. The maximum absolute atomic E-state index is 11.5. The smallest absolute Gasteiger partial charge is 0.352 e. The molecule has 0 saturated carbocycles. The van der Waals surface area contributed by atoms with Gasteiger partial charge in [-0.1, -0.05) is 44.2 Å². The molecule has 0 aliphatic carbocycles. The van der Waals surface area contributed by atoms with Crippen LogP contribution in [-0.2, 0) is 9.59 Å². The van der Waals surface area contributed by atoms with Crippen LogP contribution in [0.3, 0.4) is 0 Å². The lowest BCUT2D eigenvalue weighted by Crippen LogP contribution is -2.24. The van der Waals surface area contributed by atoms with Gasteiger partial charge in [0.1, 0.15) is 11.4 Å². The molecule has 0 radical (unpaired) electrons. The van der Waals surface area contributed by atoms with Crippen LogP contribution in [0.2, 0.25) is 0 Å². The molecule has 0 aromatic heterocycles. The van der Waals surface area contributed by atoms with Crippen LogP contribution in [0.4, 0.5) is 0 Å². The molecular formula is C20H23NO4. The molecular weight excluding hydrogens is 318 g/mol. The Labute approximate surface area is 147 Å². The van der Waals surface area contributed by atoms with Gasteiger partial charge in [0.15, 0.2) is 0 Å². The summed E-state index contributed by atoms with van der Waals surface area (Å²) >= 11 is 0. The monoisotopic (exact) mass is 341 g/mol. The van der Waals surface area contributed by atoms with Gasteiger partial charge in [0.05, 0.1) is 6.61 Å². The molecule has 2 aromatic rings. The summed E-state index contributed by atoms with van der Waals surface area (Å²) in [5.41, 5.74) is 0.463. The summed E-state index contributed by atoms with van der Waals surface area (Å²) in [6.07, 6.45) is 2.35. The summed E-state index contributed by atoms with van der Waals surface area (Å²) < 4.78 is 5.89. The van der Waals surface area contributed by atoms with E-state index in [4.69, 9.17) is 4.74 Å². The second-order valence-corrected chi connectivity index (χ2v) is 6.27. The Morgan fingerprint density at radius 3 is 2.56 bits per heavy atom. The molecule has 0 aliphatic heterocycles. The first-order valence-electron chi connectivity index (χ1n) is 8.25. The number of fused-ring (bicyclic) bond motifs is 1. The van der Waals surface area contributed by atoms with Crippen LogP contribution in [0.15, 0.2) is 42.1 Å². The van der Waals surface area contributed by atoms with E-state index in [-0.39, 0.29) is 5.70 Å². The molecule has 0 saturated heterocycles. The average Bonchev–Trinajstić information content (AvgIpc) is 2.55. The Morgan fingerprint density at radius 2 is 1.92 bits per heavy atom. The summed E-state index contributed by atoms with van der Waals surface area (Å²) in [5, 5.41) is 13.6. The van der Waals surface area contributed by atoms with Crippen molar-refractivity contribution in [1.82, 2.24) is 5.32 Å². The molecule has 0 bridgehead atoms. The van der Waals surface area contributed by atoms with E-state index in [9.17, 15) is 14.7 Å². The van der Waals surface area contributed by atoms with Crippen molar-refractivity contribution < 1.29 is 19.4 Å². The maximum atomic E-state index is 11.5. The molecule has 0 heterocycles. The molecule has 2 N–H and O–H groups in total. The Balaban J connectivity index is 2.52. The number of carbonyl (C=O) groups is 2. The Kier molecular flexibility index (Phi) is 6.17. The van der Waals surface area contributed by atoms with Crippen LogP contribution < -0.4 is 10.1 Å². The summed E-state index contributed by atoms with van der Waals surface area (Å²) in [4.78, 5) is 22.8. The topological polar surface area (TPSA) is 75.6 Å². The second-order valence-electron chi connectivity index (χ2n) is 6.27. The molecule has 0 spiro atoms. The van der Waals surface area contributed by atoms with Crippen molar-refractivity contribution in [1.29, 1.82) is 0 Å². The third kappa shape index (κ3) is 5.08. The molecule has 2 rings (SSSR count). The molecule has 1 amide bonds. The zero-order valence-corrected chi connectivity index (χ0v) is 14.7. The zero-order valence-electron chi connectivity index (χ0n) is 14.7. The molecule has 2 aromatic carbocycles. The van der Waals surface area contributed by atoms with Gasteiger partial charge in [0.2, 0.25) is 5.91 Å². The van der Waals surface area contributed by atoms with E-state index < -0.39 is 11.9 Å². The van der Waals surface area contributed by atoms with Gasteiger partial charge in [-0.25, -0.2) is 4.79 Å². The number of amides is 1. The zero-order chi connectivity index (χ0) is 18.4. The number of hydrogen-bond acceptors (Lipinski definition) is 3. The van der Waals surface area contributed by atoms with Crippen molar-refractivity contribution >= 4 is 28.7 Å². The molecule has 132 valence electrons. The van der Waals surface area contributed by atoms with E-state index in [1.165, 1.54) is 13.0 Å². The van der Waals surface area contributed by atoms with Crippen LogP contribution in [0.5, 0.6) is 5.75 Å². The van der Waals surface area contributed by atoms with Crippen molar-refractivity contribution in [2.45, 2.75) is 27.2 Å².